The normalized spacial score (nSPS) is 10.4. The summed E-state index contributed by atoms with van der Waals surface area (Å²) in [5, 5.41) is 2.36. The fourth-order valence-corrected chi connectivity index (χ4v) is 2.84. The molecule has 3 aromatic rings. The molecule has 0 bridgehead atoms. The summed E-state index contributed by atoms with van der Waals surface area (Å²) in [4.78, 5) is 61.1. The van der Waals surface area contributed by atoms with E-state index in [0.29, 0.717) is 5.56 Å². The van der Waals surface area contributed by atoms with Crippen molar-refractivity contribution in [2.45, 2.75) is 0 Å². The summed E-state index contributed by atoms with van der Waals surface area (Å²) >= 11 is 0. The largest absolute Gasteiger partial charge is 0.452 e. The Bertz CT molecular complexity index is 1270. The lowest BCUT2D eigenvalue weighted by atomic mass is 9.98. The second kappa shape index (κ2) is 9.04. The molecule has 1 aromatic heterocycles. The van der Waals surface area contributed by atoms with Gasteiger partial charge >= 0.3 is 11.7 Å². The van der Waals surface area contributed by atoms with Gasteiger partial charge in [-0.05, 0) is 6.07 Å². The summed E-state index contributed by atoms with van der Waals surface area (Å²) in [6.07, 6.45) is 0. The van der Waals surface area contributed by atoms with Gasteiger partial charge in [-0.2, -0.15) is 0 Å². The maximum absolute atomic E-state index is 12.7. The maximum Gasteiger partial charge on any atom is 0.339 e. The van der Waals surface area contributed by atoms with Crippen molar-refractivity contribution in [3.05, 3.63) is 98.2 Å². The van der Waals surface area contributed by atoms with Crippen LogP contribution in [-0.4, -0.2) is 33.4 Å². The summed E-state index contributed by atoms with van der Waals surface area (Å²) in [7, 11) is 2.70. The van der Waals surface area contributed by atoms with E-state index in [4.69, 9.17) is 4.74 Å². The van der Waals surface area contributed by atoms with Gasteiger partial charge < -0.3 is 10.1 Å². The molecule has 0 unspecified atom stereocenters. The summed E-state index contributed by atoms with van der Waals surface area (Å²) in [6.45, 7) is -0.671. The van der Waals surface area contributed by atoms with Gasteiger partial charge in [0.25, 0.3) is 11.5 Å². The van der Waals surface area contributed by atoms with Crippen LogP contribution in [0.15, 0.2) is 70.3 Å². The molecule has 0 aliphatic heterocycles. The zero-order valence-electron chi connectivity index (χ0n) is 16.8. The highest BCUT2D eigenvalue weighted by atomic mass is 16.5. The van der Waals surface area contributed by atoms with Crippen LogP contribution in [0, 0.1) is 0 Å². The molecular weight excluding hydrogens is 402 g/mol. The average molecular weight is 421 g/mol. The van der Waals surface area contributed by atoms with Crippen molar-refractivity contribution in [2.24, 2.45) is 14.1 Å². The van der Waals surface area contributed by atoms with E-state index in [0.717, 1.165) is 15.2 Å². The number of hydrogen-bond donors (Lipinski definition) is 1. The first-order valence-electron chi connectivity index (χ1n) is 9.22. The number of hydrogen-bond acceptors (Lipinski definition) is 6. The molecule has 0 aliphatic carbocycles. The van der Waals surface area contributed by atoms with Crippen LogP contribution >= 0.6 is 0 Å². The second-order valence-electron chi connectivity index (χ2n) is 6.63. The molecule has 0 saturated carbocycles. The second-order valence-corrected chi connectivity index (χ2v) is 6.63. The number of ether oxygens (including phenoxy) is 1. The number of carbonyl (C=O) groups is 3. The number of anilines is 1. The van der Waals surface area contributed by atoms with Gasteiger partial charge in [-0.25, -0.2) is 9.59 Å². The molecule has 9 nitrogen and oxygen atoms in total. The number of aromatic nitrogens is 2. The molecule has 2 aromatic carbocycles. The molecular formula is C22H19N3O6. The van der Waals surface area contributed by atoms with Crippen LogP contribution in [0.1, 0.15) is 26.3 Å². The van der Waals surface area contributed by atoms with E-state index in [-0.39, 0.29) is 22.7 Å². The first-order valence-corrected chi connectivity index (χ1v) is 9.22. The van der Waals surface area contributed by atoms with Crippen LogP contribution in [-0.2, 0) is 23.6 Å². The number of rotatable bonds is 6. The van der Waals surface area contributed by atoms with Crippen LogP contribution in [0.5, 0.6) is 0 Å². The predicted octanol–water partition coefficient (Wildman–Crippen LogP) is 1.11. The van der Waals surface area contributed by atoms with E-state index in [9.17, 15) is 24.0 Å². The van der Waals surface area contributed by atoms with Crippen molar-refractivity contribution < 1.29 is 19.1 Å². The standard InChI is InChI=1S/C22H19N3O6/c1-24-17(12-19(27)25(2)22(24)30)23-18(26)13-31-21(29)16-11-7-6-10-15(16)20(28)14-8-4-3-5-9-14/h3-12H,13H2,1-2H3,(H,23,26). The zero-order chi connectivity index (χ0) is 22.5. The Labute approximate surface area is 176 Å². The minimum absolute atomic E-state index is 0.0186. The Morgan fingerprint density at radius 1 is 0.871 bits per heavy atom. The third kappa shape index (κ3) is 4.67. The van der Waals surface area contributed by atoms with Gasteiger partial charge in [-0.1, -0.05) is 48.5 Å². The van der Waals surface area contributed by atoms with Crippen LogP contribution in [0.3, 0.4) is 0 Å². The van der Waals surface area contributed by atoms with E-state index in [1.165, 1.54) is 26.2 Å². The highest BCUT2D eigenvalue weighted by Gasteiger charge is 2.20. The summed E-state index contributed by atoms with van der Waals surface area (Å²) in [6, 6.07) is 15.7. The van der Waals surface area contributed by atoms with Gasteiger partial charge in [0.1, 0.15) is 5.82 Å². The molecule has 0 aliphatic rings. The molecule has 3 rings (SSSR count). The van der Waals surface area contributed by atoms with Crippen molar-refractivity contribution in [1.29, 1.82) is 0 Å². The lowest BCUT2D eigenvalue weighted by Crippen LogP contribution is -2.38. The van der Waals surface area contributed by atoms with Crippen LogP contribution in [0.2, 0.25) is 0 Å². The van der Waals surface area contributed by atoms with Gasteiger partial charge in [0, 0.05) is 31.3 Å². The summed E-state index contributed by atoms with van der Waals surface area (Å²) < 4.78 is 7.00. The van der Waals surface area contributed by atoms with Crippen molar-refractivity contribution in [2.75, 3.05) is 11.9 Å². The maximum atomic E-state index is 12.7. The van der Waals surface area contributed by atoms with E-state index in [2.05, 4.69) is 5.32 Å². The first kappa shape index (κ1) is 21.4. The summed E-state index contributed by atoms with van der Waals surface area (Å²) in [5.74, 6) is -1.99. The minimum atomic E-state index is -0.854. The monoisotopic (exact) mass is 421 g/mol. The van der Waals surface area contributed by atoms with Crippen molar-refractivity contribution in [1.82, 2.24) is 9.13 Å². The Morgan fingerprint density at radius 2 is 1.48 bits per heavy atom. The van der Waals surface area contributed by atoms with Gasteiger partial charge in [-0.3, -0.25) is 23.5 Å². The zero-order valence-corrected chi connectivity index (χ0v) is 16.8. The third-order valence-corrected chi connectivity index (χ3v) is 4.56. The number of nitrogens with one attached hydrogen (secondary N) is 1. The lowest BCUT2D eigenvalue weighted by Gasteiger charge is -2.12. The lowest BCUT2D eigenvalue weighted by molar-refractivity contribution is -0.119. The highest BCUT2D eigenvalue weighted by Crippen LogP contribution is 2.16. The third-order valence-electron chi connectivity index (χ3n) is 4.56. The molecule has 9 heteroatoms. The molecule has 1 amide bonds. The van der Waals surface area contributed by atoms with E-state index < -0.39 is 29.7 Å². The first-order chi connectivity index (χ1) is 14.8. The van der Waals surface area contributed by atoms with E-state index >= 15 is 0 Å². The fourth-order valence-electron chi connectivity index (χ4n) is 2.84. The topological polar surface area (TPSA) is 116 Å². The predicted molar refractivity (Wildman–Crippen MR) is 112 cm³/mol. The van der Waals surface area contributed by atoms with Crippen molar-refractivity contribution in [3.63, 3.8) is 0 Å². The smallest absolute Gasteiger partial charge is 0.339 e. The molecule has 0 radical (unpaired) electrons. The molecule has 0 saturated heterocycles. The van der Waals surface area contributed by atoms with Gasteiger partial charge in [0.05, 0.1) is 5.56 Å². The molecule has 158 valence electrons. The number of esters is 1. The molecule has 0 spiro atoms. The van der Waals surface area contributed by atoms with Crippen LogP contribution in [0.4, 0.5) is 5.82 Å². The fraction of sp³-hybridized carbons (Fsp3) is 0.136. The molecule has 1 heterocycles. The minimum Gasteiger partial charge on any atom is -0.452 e. The number of carbonyl (C=O) groups excluding carboxylic acids is 3. The molecule has 0 atom stereocenters. The van der Waals surface area contributed by atoms with Crippen molar-refractivity contribution >= 4 is 23.5 Å². The summed E-state index contributed by atoms with van der Waals surface area (Å²) in [5.41, 5.74) is -0.637. The van der Waals surface area contributed by atoms with Crippen molar-refractivity contribution in [3.8, 4) is 0 Å². The Kier molecular flexibility index (Phi) is 6.25. The Balaban J connectivity index is 1.72. The Morgan fingerprint density at radius 3 is 2.16 bits per heavy atom. The number of ketones is 1. The number of benzene rings is 2. The molecule has 31 heavy (non-hydrogen) atoms. The van der Waals surface area contributed by atoms with Gasteiger partial charge in [0.15, 0.2) is 12.4 Å². The Hall–Kier alpha value is -4.27. The average Bonchev–Trinajstić information content (AvgIpc) is 2.79. The van der Waals surface area contributed by atoms with Crippen LogP contribution in [0.25, 0.3) is 0 Å². The highest BCUT2D eigenvalue weighted by molar-refractivity contribution is 6.14. The van der Waals surface area contributed by atoms with E-state index in [1.807, 2.05) is 0 Å². The van der Waals surface area contributed by atoms with Gasteiger partial charge in [-0.15, -0.1) is 0 Å². The number of amides is 1. The molecule has 0 fully saturated rings. The quantitative estimate of drug-likeness (QED) is 0.471. The SMILES string of the molecule is Cn1c(NC(=O)COC(=O)c2ccccc2C(=O)c2ccccc2)cc(=O)n(C)c1=O. The van der Waals surface area contributed by atoms with Gasteiger partial charge in [0.2, 0.25) is 0 Å². The van der Waals surface area contributed by atoms with E-state index in [1.54, 1.807) is 42.5 Å². The molecule has 1 N–H and O–H groups in total. The number of nitrogens with zero attached hydrogens (tertiary/aromatic N) is 2. The van der Waals surface area contributed by atoms with Crippen LogP contribution < -0.4 is 16.6 Å².